The van der Waals surface area contributed by atoms with Crippen LogP contribution in [0.25, 0.3) is 49.7 Å². The van der Waals surface area contributed by atoms with Gasteiger partial charge in [-0.2, -0.15) is 0 Å². The van der Waals surface area contributed by atoms with E-state index in [4.69, 9.17) is 18.8 Å². The van der Waals surface area contributed by atoms with E-state index in [1.165, 1.54) is 4.57 Å². The highest BCUT2D eigenvalue weighted by molar-refractivity contribution is 6.67. The van der Waals surface area contributed by atoms with Crippen molar-refractivity contribution in [2.45, 2.75) is 52.4 Å². The Hall–Kier alpha value is -8.43. The largest absolute Gasteiger partial charge is 0.439 e. The lowest BCUT2D eigenvalue weighted by molar-refractivity contribution is 0.452. The van der Waals surface area contributed by atoms with Crippen LogP contribution < -0.4 is 25.2 Å². The van der Waals surface area contributed by atoms with Gasteiger partial charge in [0.05, 0.1) is 50.5 Å². The van der Waals surface area contributed by atoms with Gasteiger partial charge < -0.3 is 29.7 Å². The molecule has 11 heteroatoms. The molecule has 0 saturated heterocycles. The summed E-state index contributed by atoms with van der Waals surface area (Å²) in [4.78, 5) is 15.0. The molecule has 0 fully saturated rings. The van der Waals surface area contributed by atoms with E-state index in [1.54, 1.807) is 0 Å². The third-order valence-electron chi connectivity index (χ3n) is 13.4. The monoisotopic (exact) mass is 956 g/mol. The van der Waals surface area contributed by atoms with Gasteiger partial charge in [-0.1, -0.05) is 125 Å². The molecule has 2 N–H and O–H groups in total. The summed E-state index contributed by atoms with van der Waals surface area (Å²) in [5.41, 5.74) is 12.5. The number of aryl methyl sites for hydroxylation is 1. The summed E-state index contributed by atoms with van der Waals surface area (Å²) < 4.78 is 36.5. The molecule has 3 aliphatic heterocycles. The quantitative estimate of drug-likeness (QED) is 0.154. The Morgan fingerprint density at radius 2 is 1.26 bits per heavy atom. The Bertz CT molecular complexity index is 3750. The minimum atomic E-state index is -2.52. The van der Waals surface area contributed by atoms with Crippen molar-refractivity contribution < 1.29 is 8.85 Å². The molecule has 3 aliphatic rings. The van der Waals surface area contributed by atoms with E-state index < -0.39 is 6.98 Å². The van der Waals surface area contributed by atoms with Gasteiger partial charge in [-0.3, -0.25) is 4.57 Å². The van der Waals surface area contributed by atoms with Crippen LogP contribution >= 0.6 is 0 Å². The molecule has 2 radical (unpaired) electrons. The molecule has 0 spiro atoms. The van der Waals surface area contributed by atoms with Gasteiger partial charge >= 0.3 is 0 Å². The van der Waals surface area contributed by atoms with E-state index in [2.05, 4.69) is 173 Å². The fraction of sp³-hybridized carbons (Fsp3) is 0.161. The summed E-state index contributed by atoms with van der Waals surface area (Å²) in [6.07, 6.45) is 24.0. The molecule has 0 unspecified atom stereocenters. The number of anilines is 4. The molecule has 0 saturated carbocycles. The molecule has 0 bridgehead atoms. The van der Waals surface area contributed by atoms with Crippen molar-refractivity contribution in [2.24, 2.45) is 6.98 Å². The van der Waals surface area contributed by atoms with Crippen molar-refractivity contribution >= 4 is 81.1 Å². The molecule has 8 aromatic rings. The Balaban J connectivity index is 1.05. The van der Waals surface area contributed by atoms with Gasteiger partial charge in [0.1, 0.15) is 12.4 Å². The molecule has 11 rings (SSSR count). The van der Waals surface area contributed by atoms with Gasteiger partial charge in [0, 0.05) is 64.2 Å². The van der Waals surface area contributed by atoms with Gasteiger partial charge in [-0.05, 0) is 101 Å². The van der Waals surface area contributed by atoms with Crippen molar-refractivity contribution in [3.05, 3.63) is 223 Å². The number of rotatable bonds is 7. The lowest BCUT2D eigenvalue weighted by Gasteiger charge is -2.29. The lowest BCUT2D eigenvalue weighted by Crippen LogP contribution is -2.26. The zero-order valence-corrected chi connectivity index (χ0v) is 42.0. The number of fused-ring (bicyclic) bond motifs is 5. The average Bonchev–Trinajstić information content (AvgIpc) is 4.14. The van der Waals surface area contributed by atoms with E-state index in [-0.39, 0.29) is 10.8 Å². The molecular formula is C62H58B2N8O. The highest BCUT2D eigenvalue weighted by atomic mass is 16.5. The predicted octanol–water partition coefficient (Wildman–Crippen LogP) is 14.1. The van der Waals surface area contributed by atoms with Crippen LogP contribution in [0.2, 0.25) is 0 Å². The van der Waals surface area contributed by atoms with Crippen LogP contribution in [0.1, 0.15) is 68.0 Å². The zero-order valence-electron chi connectivity index (χ0n) is 45.0. The normalized spacial score (nSPS) is 19.8. The van der Waals surface area contributed by atoms with Crippen LogP contribution in [0.4, 0.5) is 22.7 Å². The zero-order chi connectivity index (χ0) is 52.8. The van der Waals surface area contributed by atoms with E-state index in [9.17, 15) is 0 Å². The minimum absolute atomic E-state index is 0.124. The number of imidazole rings is 1. The lowest BCUT2D eigenvalue weighted by atomic mass is 9.63. The Kier molecular flexibility index (Phi) is 11.5. The number of allylic oxidation sites excluding steroid dienone is 8. The van der Waals surface area contributed by atoms with Crippen LogP contribution in [0.15, 0.2) is 201 Å². The molecule has 0 aliphatic carbocycles. The van der Waals surface area contributed by atoms with Crippen LogP contribution in [0.3, 0.4) is 0 Å². The third-order valence-corrected chi connectivity index (χ3v) is 13.4. The predicted molar refractivity (Wildman–Crippen MR) is 307 cm³/mol. The van der Waals surface area contributed by atoms with E-state index in [0.29, 0.717) is 35.3 Å². The summed E-state index contributed by atoms with van der Waals surface area (Å²) >= 11 is 0. The molecule has 6 heterocycles. The van der Waals surface area contributed by atoms with Gasteiger partial charge in [-0.25, -0.2) is 9.97 Å². The van der Waals surface area contributed by atoms with Crippen LogP contribution in [0.5, 0.6) is 11.6 Å². The fourth-order valence-corrected chi connectivity index (χ4v) is 9.71. The van der Waals surface area contributed by atoms with Gasteiger partial charge in [0.25, 0.3) is 0 Å². The van der Waals surface area contributed by atoms with E-state index in [0.717, 1.165) is 77.9 Å². The number of pyridine rings is 1. The first-order chi connectivity index (χ1) is 36.6. The molecule has 0 amide bonds. The molecule has 9 nitrogen and oxygen atoms in total. The van der Waals surface area contributed by atoms with Crippen molar-refractivity contribution in [1.29, 1.82) is 0 Å². The maximum absolute atomic E-state index is 8.76. The molecule has 5 aromatic carbocycles. The Morgan fingerprint density at radius 3 is 1.95 bits per heavy atom. The summed E-state index contributed by atoms with van der Waals surface area (Å²) in [6.45, 7) is 11.0. The number of benzene rings is 5. The maximum Gasteiger partial charge on any atom is 0.221 e. The summed E-state index contributed by atoms with van der Waals surface area (Å²) in [5, 5.41) is 8.39. The highest BCUT2D eigenvalue weighted by Gasteiger charge is 2.33. The topological polar surface area (TPSA) is 75.4 Å². The minimum Gasteiger partial charge on any atom is -0.439 e. The average molecular weight is 956 g/mol. The van der Waals surface area contributed by atoms with Gasteiger partial charge in [-0.15, -0.1) is 12.0 Å². The van der Waals surface area contributed by atoms with Crippen molar-refractivity contribution in [1.82, 2.24) is 29.7 Å². The number of hydrogen-bond acceptors (Lipinski definition) is 7. The van der Waals surface area contributed by atoms with Crippen LogP contribution in [-0.2, 0) is 17.8 Å². The second-order valence-corrected chi connectivity index (χ2v) is 20.4. The fourth-order valence-electron chi connectivity index (χ4n) is 9.71. The van der Waals surface area contributed by atoms with Crippen molar-refractivity contribution in [2.75, 3.05) is 16.5 Å². The number of hydrogen-bond donors (Lipinski definition) is 2. The highest BCUT2D eigenvalue weighted by Crippen LogP contribution is 2.49. The first-order valence-corrected chi connectivity index (χ1v) is 24.8. The summed E-state index contributed by atoms with van der Waals surface area (Å²) in [7, 11) is 4.32. The number of para-hydroxylation sites is 5. The second kappa shape index (κ2) is 19.3. The van der Waals surface area contributed by atoms with E-state index >= 15 is 0 Å². The van der Waals surface area contributed by atoms with Crippen molar-refractivity contribution in [3.8, 4) is 17.6 Å². The van der Waals surface area contributed by atoms with Crippen LogP contribution in [0, 0.1) is 0 Å². The Morgan fingerprint density at radius 1 is 0.589 bits per heavy atom. The number of ether oxygens (including phenoxy) is 1. The molecule has 3 aromatic heterocycles. The molecule has 73 heavy (non-hydrogen) atoms. The molecular weight excluding hydrogens is 894 g/mol. The summed E-state index contributed by atoms with van der Waals surface area (Å²) in [5.74, 6) is 5.42. The third kappa shape index (κ3) is 9.23. The smallest absolute Gasteiger partial charge is 0.221 e. The number of nitrogens with zero attached hydrogens (tertiary/aromatic N) is 6. The SMILES string of the molecule is [2H]C([2H])([2H])n1c(-n2c3ccc(C(C)(C)C)cc3c3ccc(Oc4cc(N5CN(c6c(/C7=C/C=C\N/C=C\C=C/[B]7)cccc6/C6=C/C=C\N/C=C\C=C/[B]6)c6ccccc65)cc(C(C)(C)C)n4)cc32)nc2ccccc21. The first kappa shape index (κ1) is 43.4. The van der Waals surface area contributed by atoms with Gasteiger partial charge in [0.2, 0.25) is 11.8 Å². The molecule has 358 valence electrons. The first-order valence-electron chi connectivity index (χ1n) is 26.3. The van der Waals surface area contributed by atoms with Gasteiger partial charge in [0.15, 0.2) is 14.6 Å². The van der Waals surface area contributed by atoms with Crippen LogP contribution in [-0.4, -0.2) is 40.3 Å². The molecule has 0 atom stereocenters. The standard InChI is InChI=1S/C62H58B2N8O/c1-61(2,3)42-27-30-52-48(37-42)45-29-28-44(40-56(45)72(52)60-67-51-23-8-9-24-53(51)69(60)7)73-58-39-43(38-57(68-58)62(4,5)6)70-41-71(55-26-11-10-25-54(55)70)59-46(49-21-17-35-65-33-14-12-31-63-49)19-16-20-47(59)50-22-18-36-66-34-15-13-32-64-50/h8-40,65-66H,41H2,1-7H3/b31-12-,32-13-,33-14-,34-15-,35-17-,36-18-,49-21-,50-22-/i7D3. The maximum atomic E-state index is 8.76. The second-order valence-electron chi connectivity index (χ2n) is 20.4. The Labute approximate surface area is 434 Å². The number of nitrogens with one attached hydrogen (secondary N) is 2. The van der Waals surface area contributed by atoms with E-state index in [1.807, 2.05) is 108 Å². The number of aromatic nitrogens is 4. The van der Waals surface area contributed by atoms with Crippen molar-refractivity contribution in [3.63, 3.8) is 0 Å². The summed E-state index contributed by atoms with van der Waals surface area (Å²) in [6, 6.07) is 39.1.